The van der Waals surface area contributed by atoms with Crippen LogP contribution in [-0.4, -0.2) is 122 Å². The Balaban J connectivity index is 0.000000264. The van der Waals surface area contributed by atoms with Crippen molar-refractivity contribution in [1.82, 2.24) is 9.97 Å². The van der Waals surface area contributed by atoms with Gasteiger partial charge in [0.05, 0.1) is 74.2 Å². The molecule has 0 spiro atoms. The minimum absolute atomic E-state index is 0.0156. The molecule has 576 valence electrons. The molecule has 34 nitrogen and oxygen atoms in total. The maximum absolute atomic E-state index is 10.6. The molecule has 2 atom stereocenters. The molecule has 44 heteroatoms. The van der Waals surface area contributed by atoms with Crippen molar-refractivity contribution in [3.05, 3.63) is 313 Å². The van der Waals surface area contributed by atoms with Gasteiger partial charge in [-0.3, -0.25) is 60.7 Å². The third-order valence-electron chi connectivity index (χ3n) is 13.5. The third-order valence-corrected chi connectivity index (χ3v) is 19.0. The lowest BCUT2D eigenvalue weighted by Crippen LogP contribution is -2.29. The second-order valence-electron chi connectivity index (χ2n) is 21.2. The van der Waals surface area contributed by atoms with Gasteiger partial charge in [0.25, 0.3) is 0 Å². The van der Waals surface area contributed by atoms with Crippen LogP contribution in [0.1, 0.15) is 59.4 Å². The molecule has 0 aliphatic heterocycles. The van der Waals surface area contributed by atoms with Crippen LogP contribution in [0.25, 0.3) is 32.3 Å². The van der Waals surface area contributed by atoms with Gasteiger partial charge in [0.15, 0.2) is 8.59 Å². The van der Waals surface area contributed by atoms with E-state index in [4.69, 9.17) is 60.1 Å². The molecule has 6 heterocycles. The fourth-order valence-electron chi connectivity index (χ4n) is 7.77. The van der Waals surface area contributed by atoms with Gasteiger partial charge in [0.2, 0.25) is 0 Å². The van der Waals surface area contributed by atoms with E-state index in [2.05, 4.69) is 62.2 Å². The summed E-state index contributed by atoms with van der Waals surface area (Å²) in [5.41, 5.74) is 8.47. The van der Waals surface area contributed by atoms with E-state index in [1.54, 1.807) is 153 Å². The number of aliphatic hydroxyl groups is 6. The van der Waals surface area contributed by atoms with Crippen molar-refractivity contribution < 1.29 is 99.2 Å². The molecule has 6 aromatic heterocycles. The maximum atomic E-state index is 10.6. The molecule has 12 aromatic rings. The molecule has 0 amide bonds. The highest BCUT2D eigenvalue weighted by molar-refractivity contribution is 9.11. The van der Waals surface area contributed by atoms with Crippen molar-refractivity contribution in [2.45, 2.75) is 52.5 Å². The molecule has 0 radical (unpaired) electrons. The van der Waals surface area contributed by atoms with Crippen molar-refractivity contribution in [3.8, 4) is 32.3 Å². The largest absolute Gasteiger partial charge is 0.488 e. The highest BCUT2D eigenvalue weighted by Gasteiger charge is 2.18. The Kier molecular flexibility index (Phi) is 40.3. The zero-order valence-corrected chi connectivity index (χ0v) is 64.8. The van der Waals surface area contributed by atoms with Gasteiger partial charge in [-0.05, 0) is 164 Å². The first kappa shape index (κ1) is 92.5. The van der Waals surface area contributed by atoms with Crippen LogP contribution in [0.15, 0.2) is 228 Å². The molecule has 2 unspecified atom stereocenters. The molecule has 6 aromatic carbocycles. The lowest BCUT2D eigenvalue weighted by atomic mass is 9.80. The number of halogens is 3. The highest BCUT2D eigenvalue weighted by atomic mass is 79.9. The molecule has 0 saturated heterocycles. The van der Waals surface area contributed by atoms with Crippen LogP contribution in [0.3, 0.4) is 0 Å². The summed E-state index contributed by atoms with van der Waals surface area (Å²) in [7, 11) is -4.29. The van der Waals surface area contributed by atoms with Crippen molar-refractivity contribution >= 4 is 163 Å². The summed E-state index contributed by atoms with van der Waals surface area (Å²) in [6.07, 6.45) is 1.45. The Morgan fingerprint density at radius 3 is 1.04 bits per heavy atom. The number of furan rings is 2. The second-order valence-corrected chi connectivity index (χ2v) is 28.8. The van der Waals surface area contributed by atoms with E-state index in [1.165, 1.54) is 42.7 Å². The summed E-state index contributed by atoms with van der Waals surface area (Å²) >= 11 is 13.3. The Labute approximate surface area is 664 Å². The molecular formula is C66H62B3Br3N8O26S4. The molecule has 0 bridgehead atoms. The van der Waals surface area contributed by atoms with E-state index >= 15 is 0 Å². The number of nitrogens with zero attached hydrogens (tertiary/aromatic N) is 8. The minimum Gasteiger partial charge on any atom is -0.423 e. The predicted molar refractivity (Wildman–Crippen MR) is 423 cm³/mol. The fourth-order valence-corrected chi connectivity index (χ4v) is 11.9. The average molecular weight is 1780 g/mol. The van der Waals surface area contributed by atoms with Crippen molar-refractivity contribution in [2.75, 3.05) is 0 Å². The van der Waals surface area contributed by atoms with Gasteiger partial charge < -0.3 is 69.6 Å². The van der Waals surface area contributed by atoms with Crippen LogP contribution in [0.5, 0.6) is 0 Å². The molecule has 12 N–H and O–H groups in total. The fraction of sp³-hybridized carbons (Fsp3) is 0.121. The summed E-state index contributed by atoms with van der Waals surface area (Å²) in [6.45, 7) is 3.26. The molecule has 0 aliphatic rings. The lowest BCUT2D eigenvalue weighted by molar-refractivity contribution is -0.402. The summed E-state index contributed by atoms with van der Waals surface area (Å²) in [5.74, 6) is -0.0840. The summed E-state index contributed by atoms with van der Waals surface area (Å²) in [6, 6.07) is 52.8. The summed E-state index contributed by atoms with van der Waals surface area (Å²) < 4.78 is 11.3. The topological polar surface area (TPSA) is 554 Å². The van der Waals surface area contributed by atoms with E-state index in [0.29, 0.717) is 35.7 Å². The second kappa shape index (κ2) is 47.9. The van der Waals surface area contributed by atoms with Gasteiger partial charge in [-0.1, -0.05) is 168 Å². The molecule has 0 saturated carbocycles. The van der Waals surface area contributed by atoms with E-state index in [1.807, 2.05) is 24.3 Å². The zero-order chi connectivity index (χ0) is 81.7. The van der Waals surface area contributed by atoms with Gasteiger partial charge >= 0.3 is 53.1 Å². The smallest absolute Gasteiger partial charge is 0.423 e. The number of rotatable bonds is 18. The Hall–Kier alpha value is -9.91. The standard InChI is InChI=1S/C12H11NO3S.C11H9NO4.C10H8N2O3S.C8H11BO3.2C7H9BO3.C4H2BrNO3.C4H2BrNO2S.C3HBrN2O2S/c1-8(14)9-2-4-10(5-3-9)11-6-7-12(17-11)13(15)16;13-7-8-1-3-9(4-2-8)10-5-6-11(16-10)12(14)15;13-6-7-1-3-8(4-2-7)10-11-5-9(16-10)12(14)15;1-6(10)7-2-4-8(5-3-7)9(11)12;2*9-5-6-1-3-7(4-2-6)8(10)11;2*5-3-1-2-4(9-3)6(7)8;4-3-5-1-2(9-3)6(7)8/h2-8,14H,1H3;1-6,13H,7H2;1-5,13H,6H2;2-6,10-12H,1H3;2*1-4,9-11H,5H2;2*1-2H;1H. The van der Waals surface area contributed by atoms with Crippen LogP contribution in [0.2, 0.25) is 0 Å². The van der Waals surface area contributed by atoms with E-state index in [-0.39, 0.29) is 58.2 Å². The van der Waals surface area contributed by atoms with E-state index < -0.39 is 63.1 Å². The normalized spacial score (nSPS) is 10.6. The first-order chi connectivity index (χ1) is 52.2. The first-order valence-corrected chi connectivity index (χ1v) is 36.4. The maximum Gasteiger partial charge on any atom is 0.488 e. The SMILES string of the molecule is CC(O)c1ccc(-c2ccc([N+](=O)[O-])s2)cc1.CC(O)c1ccc(B(O)O)cc1.O=[N+]([O-])c1ccc(-c2ccc(CO)cc2)o1.O=[N+]([O-])c1ccc(Br)o1.O=[N+]([O-])c1ccc(Br)s1.O=[N+]([O-])c1cnc(-c2ccc(CO)cc2)s1.O=[N+]([O-])c1cnc(Br)s1.OCc1ccc(B(O)O)cc1.OCc1ccc(B(O)O)cc1. The van der Waals surface area contributed by atoms with Crippen LogP contribution in [-0.2, 0) is 26.4 Å². The van der Waals surface area contributed by atoms with Crippen LogP contribution >= 0.6 is 93.1 Å². The van der Waals surface area contributed by atoms with Gasteiger partial charge in [-0.25, -0.2) is 9.97 Å². The lowest BCUT2D eigenvalue weighted by Gasteiger charge is -2.05. The monoisotopic (exact) mass is 1780 g/mol. The van der Waals surface area contributed by atoms with Crippen molar-refractivity contribution in [1.29, 1.82) is 0 Å². The molecule has 110 heavy (non-hydrogen) atoms. The predicted octanol–water partition coefficient (Wildman–Crippen LogP) is 11.3. The zero-order valence-electron chi connectivity index (χ0n) is 56.8. The van der Waals surface area contributed by atoms with Crippen molar-refractivity contribution in [2.24, 2.45) is 0 Å². The molecule has 0 aliphatic carbocycles. The number of aromatic nitrogens is 2. The Bertz CT molecular complexity index is 4510. The third kappa shape index (κ3) is 32.7. The van der Waals surface area contributed by atoms with Crippen LogP contribution in [0.4, 0.5) is 31.8 Å². The quantitative estimate of drug-likeness (QED) is 0.0216. The van der Waals surface area contributed by atoms with Gasteiger partial charge in [-0.2, -0.15) is 0 Å². The number of nitro groups is 6. The Morgan fingerprint density at radius 1 is 0.382 bits per heavy atom. The first-order valence-electron chi connectivity index (χ1n) is 30.8. The van der Waals surface area contributed by atoms with E-state index in [9.17, 15) is 65.8 Å². The number of thiazole rings is 2. The average Bonchev–Trinajstić information content (AvgIpc) is 1.74. The van der Waals surface area contributed by atoms with Crippen molar-refractivity contribution in [3.63, 3.8) is 0 Å². The summed E-state index contributed by atoms with van der Waals surface area (Å²) in [4.78, 5) is 66.9. The molecule has 0 fully saturated rings. The summed E-state index contributed by atoms with van der Waals surface area (Å²) in [5, 5.41) is 168. The Morgan fingerprint density at radius 2 is 0.736 bits per heavy atom. The van der Waals surface area contributed by atoms with Gasteiger partial charge in [0, 0.05) is 28.1 Å². The number of benzene rings is 6. The number of hydrogen-bond acceptors (Lipinski definition) is 32. The van der Waals surface area contributed by atoms with Gasteiger partial charge in [0.1, 0.15) is 33.0 Å². The number of thiophene rings is 2. The van der Waals surface area contributed by atoms with Gasteiger partial charge in [-0.15, -0.1) is 0 Å². The molecule has 12 rings (SSSR count). The molecular weight excluding hydrogens is 1720 g/mol. The number of aliphatic hydroxyl groups excluding tert-OH is 6. The number of hydrogen-bond donors (Lipinski definition) is 12. The van der Waals surface area contributed by atoms with Crippen LogP contribution in [0, 0.1) is 60.7 Å². The minimum atomic E-state index is -1.44. The highest BCUT2D eigenvalue weighted by Crippen LogP contribution is 2.34. The van der Waals surface area contributed by atoms with Crippen LogP contribution < -0.4 is 16.4 Å². The van der Waals surface area contributed by atoms with E-state index in [0.717, 1.165) is 104 Å².